The molecule has 13 rings (SSSR count). The third-order valence-corrected chi connectivity index (χ3v) is 23.4. The van der Waals surface area contributed by atoms with Gasteiger partial charge in [-0.25, -0.2) is 4.39 Å². The summed E-state index contributed by atoms with van der Waals surface area (Å²) in [6, 6.07) is 64.5. The van der Waals surface area contributed by atoms with Crippen LogP contribution in [0.25, 0.3) is 0 Å². The molecule has 8 aromatic rings. The first-order valence-corrected chi connectivity index (χ1v) is 29.3. The molecule has 0 spiro atoms. The molecule has 2 atom stereocenters. The van der Waals surface area contributed by atoms with Crippen molar-refractivity contribution in [1.29, 1.82) is 0 Å². The average molecular weight is 986 g/mol. The van der Waals surface area contributed by atoms with E-state index in [1.54, 1.807) is 12.1 Å². The lowest BCUT2D eigenvalue weighted by molar-refractivity contribution is 0.195. The Labute approximate surface area is 441 Å². The third kappa shape index (κ3) is 6.49. The van der Waals surface area contributed by atoms with Crippen molar-refractivity contribution in [3.8, 4) is 0 Å². The molecular formula is C68H69BFN3Si. The Kier molecular flexibility index (Phi) is 10.2. The van der Waals surface area contributed by atoms with Crippen LogP contribution in [0.5, 0.6) is 0 Å². The third-order valence-electron chi connectivity index (χ3n) is 18.6. The summed E-state index contributed by atoms with van der Waals surface area (Å²) in [6.45, 7) is 26.2. The molecule has 370 valence electrons. The molecule has 0 radical (unpaired) electrons. The van der Waals surface area contributed by atoms with Gasteiger partial charge in [0.15, 0.2) is 8.07 Å². The lowest BCUT2D eigenvalue weighted by Crippen LogP contribution is -2.88. The summed E-state index contributed by atoms with van der Waals surface area (Å²) in [7, 11) is -3.06. The lowest BCUT2D eigenvalue weighted by Gasteiger charge is -2.53. The molecule has 1 aliphatic carbocycles. The van der Waals surface area contributed by atoms with Crippen molar-refractivity contribution >= 4 is 97.4 Å². The number of rotatable bonds is 5. The first-order valence-electron chi connectivity index (χ1n) is 27.3. The summed E-state index contributed by atoms with van der Waals surface area (Å²) in [5, 5.41) is 5.60. The normalized spacial score (nSPS) is 20.1. The zero-order valence-electron chi connectivity index (χ0n) is 45.3. The number of benzene rings is 8. The van der Waals surface area contributed by atoms with E-state index in [1.165, 1.54) is 106 Å². The smallest absolute Gasteiger partial charge is 0.251 e. The SMILES string of the molecule is CC(C)(C)c1cc(N2c3cc(N4c5ccc(C(C)(C)C)cc5C5(C)CCCCC45C)cc4c3B3c5c(cccc5[Si](c5ccccc5)(c5ccccc5)c5cccc2c53)N4c2ccc(F)cc2)cc(C(C)(C)C)c1. The quantitative estimate of drug-likeness (QED) is 0.159. The number of halogens is 1. The van der Waals surface area contributed by atoms with Gasteiger partial charge in [-0.15, -0.1) is 0 Å². The van der Waals surface area contributed by atoms with Crippen LogP contribution in [0.15, 0.2) is 170 Å². The number of nitrogens with zero attached hydrogens (tertiary/aromatic N) is 3. The summed E-state index contributed by atoms with van der Waals surface area (Å²) < 4.78 is 15.3. The van der Waals surface area contributed by atoms with Crippen LogP contribution in [-0.4, -0.2) is 20.3 Å². The molecule has 2 unspecified atom stereocenters. The van der Waals surface area contributed by atoms with Crippen molar-refractivity contribution in [3.05, 3.63) is 198 Å². The first kappa shape index (κ1) is 47.1. The maximum atomic E-state index is 15.3. The summed E-state index contributed by atoms with van der Waals surface area (Å²) in [6.07, 6.45) is 4.64. The van der Waals surface area contributed by atoms with Gasteiger partial charge in [0.25, 0.3) is 6.71 Å². The highest BCUT2D eigenvalue weighted by molar-refractivity contribution is 7.27. The van der Waals surface area contributed by atoms with E-state index < -0.39 is 8.07 Å². The predicted molar refractivity (Wildman–Crippen MR) is 317 cm³/mol. The lowest BCUT2D eigenvalue weighted by atomic mass is 9.33. The number of fused-ring (bicyclic) bond motifs is 3. The maximum absolute atomic E-state index is 15.3. The van der Waals surface area contributed by atoms with E-state index in [0.29, 0.717) is 0 Å². The van der Waals surface area contributed by atoms with Crippen LogP contribution in [0.1, 0.15) is 124 Å². The van der Waals surface area contributed by atoms with Crippen molar-refractivity contribution in [3.63, 3.8) is 0 Å². The van der Waals surface area contributed by atoms with Crippen molar-refractivity contribution in [1.82, 2.24) is 0 Å². The zero-order chi connectivity index (χ0) is 51.5. The Morgan fingerprint density at radius 2 is 0.959 bits per heavy atom. The van der Waals surface area contributed by atoms with E-state index in [2.05, 4.69) is 236 Å². The van der Waals surface area contributed by atoms with Gasteiger partial charge in [-0.1, -0.05) is 185 Å². The van der Waals surface area contributed by atoms with Gasteiger partial charge in [-0.3, -0.25) is 0 Å². The van der Waals surface area contributed by atoms with E-state index in [1.807, 2.05) is 12.1 Å². The van der Waals surface area contributed by atoms with Gasteiger partial charge in [-0.2, -0.15) is 0 Å². The molecule has 0 aromatic heterocycles. The van der Waals surface area contributed by atoms with Gasteiger partial charge in [-0.05, 0) is 162 Å². The fraction of sp³-hybridized carbons (Fsp3) is 0.294. The fourth-order valence-electron chi connectivity index (χ4n) is 14.5. The first-order chi connectivity index (χ1) is 35.2. The Morgan fingerprint density at radius 3 is 1.49 bits per heavy atom. The highest BCUT2D eigenvalue weighted by Gasteiger charge is 2.60. The number of anilines is 8. The highest BCUT2D eigenvalue weighted by Crippen LogP contribution is 2.62. The minimum absolute atomic E-state index is 0.0173. The van der Waals surface area contributed by atoms with E-state index in [9.17, 15) is 0 Å². The molecular weight excluding hydrogens is 917 g/mol. The molecule has 0 amide bonds. The van der Waals surface area contributed by atoms with Crippen LogP contribution in [0.3, 0.4) is 0 Å². The molecule has 5 aliphatic rings. The summed E-state index contributed by atoms with van der Waals surface area (Å²) in [5.41, 5.74) is 18.6. The highest BCUT2D eigenvalue weighted by atomic mass is 28.3. The monoisotopic (exact) mass is 986 g/mol. The van der Waals surface area contributed by atoms with Crippen LogP contribution in [0, 0.1) is 5.82 Å². The van der Waals surface area contributed by atoms with Gasteiger partial charge in [0.2, 0.25) is 0 Å². The molecule has 0 N–H and O–H groups in total. The Bertz CT molecular complexity index is 3510. The summed E-state index contributed by atoms with van der Waals surface area (Å²) >= 11 is 0. The van der Waals surface area contributed by atoms with Crippen molar-refractivity contribution in [2.45, 2.75) is 129 Å². The minimum atomic E-state index is -3.06. The Morgan fingerprint density at radius 1 is 0.446 bits per heavy atom. The molecule has 4 aliphatic heterocycles. The van der Waals surface area contributed by atoms with Gasteiger partial charge in [0.1, 0.15) is 5.82 Å². The second-order valence-electron chi connectivity index (χ2n) is 25.8. The van der Waals surface area contributed by atoms with E-state index in [4.69, 9.17) is 0 Å². The maximum Gasteiger partial charge on any atom is 0.251 e. The molecule has 1 fully saturated rings. The predicted octanol–water partition coefficient (Wildman–Crippen LogP) is 13.2. The fourth-order valence-corrected chi connectivity index (χ4v) is 19.8. The van der Waals surface area contributed by atoms with Gasteiger partial charge in [0.05, 0.1) is 5.54 Å². The van der Waals surface area contributed by atoms with Crippen LogP contribution in [-0.2, 0) is 21.7 Å². The molecule has 8 aromatic carbocycles. The second-order valence-corrected chi connectivity index (χ2v) is 29.6. The minimum Gasteiger partial charge on any atom is -0.334 e. The van der Waals surface area contributed by atoms with Crippen LogP contribution >= 0.6 is 0 Å². The summed E-state index contributed by atoms with van der Waals surface area (Å²) in [5.74, 6) is -0.236. The summed E-state index contributed by atoms with van der Waals surface area (Å²) in [4.78, 5) is 7.97. The number of hydrogen-bond donors (Lipinski definition) is 0. The van der Waals surface area contributed by atoms with Crippen LogP contribution < -0.4 is 51.8 Å². The van der Waals surface area contributed by atoms with Crippen molar-refractivity contribution in [2.24, 2.45) is 0 Å². The van der Waals surface area contributed by atoms with Gasteiger partial charge < -0.3 is 14.7 Å². The molecule has 0 bridgehead atoms. The van der Waals surface area contributed by atoms with Crippen molar-refractivity contribution in [2.75, 3.05) is 14.7 Å². The molecule has 6 heteroatoms. The second kappa shape index (κ2) is 15.9. The average Bonchev–Trinajstić information content (AvgIpc) is 3.67. The molecule has 1 saturated carbocycles. The van der Waals surface area contributed by atoms with E-state index in [-0.39, 0.29) is 39.7 Å². The van der Waals surface area contributed by atoms with E-state index in [0.717, 1.165) is 24.2 Å². The topological polar surface area (TPSA) is 9.72 Å². The largest absolute Gasteiger partial charge is 0.334 e. The van der Waals surface area contributed by atoms with E-state index >= 15 is 4.39 Å². The van der Waals surface area contributed by atoms with Gasteiger partial charge in [0, 0.05) is 50.9 Å². The number of hydrogen-bond acceptors (Lipinski definition) is 3. The van der Waals surface area contributed by atoms with Gasteiger partial charge >= 0.3 is 0 Å². The van der Waals surface area contributed by atoms with Crippen molar-refractivity contribution < 1.29 is 4.39 Å². The molecule has 4 heterocycles. The molecule has 0 saturated heterocycles. The van der Waals surface area contributed by atoms with Crippen LogP contribution in [0.2, 0.25) is 0 Å². The standard InChI is InChI=1S/C68H69BFN3Si/c1-64(2,3)44-30-35-54-53(41-44)67(10)36-18-19-37-68(67,11)73(54)50-42-57-61-58(43-50)72(49-39-45(65(4,5)6)38-46(40-49)66(7,8)9)56-27-21-29-60-63(56)69(61)62-55(71(57)48-33-31-47(70)32-34-48)26-20-28-59(62)74(60,51-22-14-12-15-23-51)52-24-16-13-17-25-52/h12-17,20-35,38-43H,18-19,36-37H2,1-11H3. The zero-order valence-corrected chi connectivity index (χ0v) is 46.3. The molecule has 3 nitrogen and oxygen atoms in total. The van der Waals surface area contributed by atoms with Crippen LogP contribution in [0.4, 0.5) is 49.9 Å². The Balaban J connectivity index is 1.21. The Hall–Kier alpha value is -6.63. The molecule has 74 heavy (non-hydrogen) atoms.